The summed E-state index contributed by atoms with van der Waals surface area (Å²) in [6, 6.07) is 10.5. The van der Waals surface area contributed by atoms with E-state index in [4.69, 9.17) is 27.9 Å². The molecule has 0 saturated carbocycles. The van der Waals surface area contributed by atoms with E-state index >= 15 is 0 Å². The first-order valence-electron chi connectivity index (χ1n) is 8.29. The summed E-state index contributed by atoms with van der Waals surface area (Å²) in [5, 5.41) is 6.28. The Hall–Kier alpha value is -2.28. The Balaban J connectivity index is 1.87. The fourth-order valence-electron chi connectivity index (χ4n) is 2.45. The Labute approximate surface area is 168 Å². The zero-order chi connectivity index (χ0) is 20.0. The van der Waals surface area contributed by atoms with E-state index in [2.05, 4.69) is 10.6 Å². The Bertz CT molecular complexity index is 826. The second kappa shape index (κ2) is 9.60. The number of halogens is 2. The number of benzene rings is 2. The molecule has 8 heteroatoms. The molecule has 2 rings (SSSR count). The molecule has 3 N–H and O–H groups in total. The van der Waals surface area contributed by atoms with Crippen molar-refractivity contribution in [1.82, 2.24) is 0 Å². The number of anilines is 2. The van der Waals surface area contributed by atoms with Crippen LogP contribution in [0.2, 0.25) is 10.0 Å². The largest absolute Gasteiger partial charge is 0.497 e. The van der Waals surface area contributed by atoms with Crippen molar-refractivity contribution in [3.05, 3.63) is 52.0 Å². The number of ether oxygens (including phenoxy) is 1. The number of hydrogen-bond donors (Lipinski definition) is 3. The number of likely N-dealkylation sites (N-methyl/N-ethyl adjacent to an activating group) is 1. The zero-order valence-electron chi connectivity index (χ0n) is 15.4. The number of hydrogen-bond acceptors (Lipinski definition) is 3. The maximum atomic E-state index is 12.3. The van der Waals surface area contributed by atoms with Crippen molar-refractivity contribution >= 4 is 46.4 Å². The molecule has 1 atom stereocenters. The highest BCUT2D eigenvalue weighted by molar-refractivity contribution is 6.40. The minimum Gasteiger partial charge on any atom is -0.497 e. The first-order chi connectivity index (χ1) is 12.8. The van der Waals surface area contributed by atoms with Crippen LogP contribution in [0.25, 0.3) is 0 Å². The first-order valence-corrected chi connectivity index (χ1v) is 9.05. The van der Waals surface area contributed by atoms with Crippen LogP contribution in [0.15, 0.2) is 36.4 Å². The molecule has 0 aliphatic carbocycles. The van der Waals surface area contributed by atoms with E-state index in [1.807, 2.05) is 6.92 Å². The number of carbonyl (C=O) groups is 2. The van der Waals surface area contributed by atoms with Crippen LogP contribution in [0.4, 0.5) is 11.4 Å². The molecule has 0 saturated heterocycles. The second-order valence-electron chi connectivity index (χ2n) is 6.19. The van der Waals surface area contributed by atoms with Gasteiger partial charge in [-0.3, -0.25) is 9.59 Å². The standard InChI is InChI=1S/C19H21Cl2N3O3/c1-12-4-9-15(20)19(18(12)21)23-17(26)11-24(2)10-16(25)22-13-5-7-14(27-3)8-6-13/h4-9H,10-11H2,1-3H3,(H,22,25)(H,23,26)/p+1. The molecule has 0 aliphatic heterocycles. The van der Waals surface area contributed by atoms with Crippen molar-refractivity contribution in [2.75, 3.05) is 37.9 Å². The van der Waals surface area contributed by atoms with Gasteiger partial charge in [0.1, 0.15) is 5.75 Å². The zero-order valence-corrected chi connectivity index (χ0v) is 16.9. The fraction of sp³-hybridized carbons (Fsp3) is 0.263. The Morgan fingerprint density at radius 3 is 2.19 bits per heavy atom. The molecule has 2 aromatic carbocycles. The summed E-state index contributed by atoms with van der Waals surface area (Å²) in [6.45, 7) is 2.06. The van der Waals surface area contributed by atoms with Gasteiger partial charge in [0.15, 0.2) is 13.1 Å². The van der Waals surface area contributed by atoms with Gasteiger partial charge < -0.3 is 20.3 Å². The molecule has 0 aliphatic rings. The molecule has 0 heterocycles. The molecular formula is C19H22Cl2N3O3+. The number of aryl methyl sites for hydroxylation is 1. The minimum atomic E-state index is -0.279. The van der Waals surface area contributed by atoms with Gasteiger partial charge in [-0.15, -0.1) is 0 Å². The van der Waals surface area contributed by atoms with Gasteiger partial charge in [0.05, 0.1) is 29.9 Å². The molecular weight excluding hydrogens is 389 g/mol. The summed E-state index contributed by atoms with van der Waals surface area (Å²) >= 11 is 12.3. The van der Waals surface area contributed by atoms with Crippen molar-refractivity contribution in [2.24, 2.45) is 0 Å². The summed E-state index contributed by atoms with van der Waals surface area (Å²) in [7, 11) is 3.33. The smallest absolute Gasteiger partial charge is 0.279 e. The van der Waals surface area contributed by atoms with E-state index in [0.29, 0.717) is 27.2 Å². The normalized spacial score (nSPS) is 11.6. The van der Waals surface area contributed by atoms with Gasteiger partial charge in [0.2, 0.25) is 0 Å². The molecule has 2 amide bonds. The lowest BCUT2D eigenvalue weighted by atomic mass is 10.2. The Morgan fingerprint density at radius 1 is 1.00 bits per heavy atom. The molecule has 1 unspecified atom stereocenters. The Kier molecular flexibility index (Phi) is 7.47. The lowest BCUT2D eigenvalue weighted by Gasteiger charge is -2.15. The van der Waals surface area contributed by atoms with Crippen LogP contribution in [-0.2, 0) is 9.59 Å². The van der Waals surface area contributed by atoms with E-state index in [1.54, 1.807) is 50.6 Å². The van der Waals surface area contributed by atoms with Gasteiger partial charge in [-0.1, -0.05) is 29.3 Å². The van der Waals surface area contributed by atoms with Crippen LogP contribution >= 0.6 is 23.2 Å². The van der Waals surface area contributed by atoms with Crippen molar-refractivity contribution in [3.8, 4) is 5.75 Å². The lowest BCUT2D eigenvalue weighted by Crippen LogP contribution is -3.11. The summed E-state index contributed by atoms with van der Waals surface area (Å²) in [6.07, 6.45) is 0. The highest BCUT2D eigenvalue weighted by atomic mass is 35.5. The van der Waals surface area contributed by atoms with Gasteiger partial charge in [-0.25, -0.2) is 0 Å². The Morgan fingerprint density at radius 2 is 1.59 bits per heavy atom. The van der Waals surface area contributed by atoms with Crippen LogP contribution in [0.5, 0.6) is 5.75 Å². The third kappa shape index (κ3) is 6.13. The van der Waals surface area contributed by atoms with E-state index in [1.165, 1.54) is 0 Å². The average Bonchev–Trinajstić information content (AvgIpc) is 2.62. The van der Waals surface area contributed by atoms with Gasteiger partial charge in [0.25, 0.3) is 11.8 Å². The molecule has 27 heavy (non-hydrogen) atoms. The molecule has 144 valence electrons. The molecule has 0 fully saturated rings. The van der Waals surface area contributed by atoms with E-state index in [0.717, 1.165) is 10.5 Å². The molecule has 2 aromatic rings. The number of rotatable bonds is 7. The predicted octanol–water partition coefficient (Wildman–Crippen LogP) is 2.40. The van der Waals surface area contributed by atoms with Crippen molar-refractivity contribution in [3.63, 3.8) is 0 Å². The first kappa shape index (κ1) is 21.0. The summed E-state index contributed by atoms with van der Waals surface area (Å²) in [4.78, 5) is 25.1. The number of nitrogens with one attached hydrogen (secondary N) is 3. The topological polar surface area (TPSA) is 71.9 Å². The highest BCUT2D eigenvalue weighted by Crippen LogP contribution is 2.32. The third-order valence-corrected chi connectivity index (χ3v) is 4.65. The van der Waals surface area contributed by atoms with Gasteiger partial charge in [-0.05, 0) is 42.8 Å². The van der Waals surface area contributed by atoms with Crippen molar-refractivity contribution < 1.29 is 19.2 Å². The van der Waals surface area contributed by atoms with E-state index < -0.39 is 0 Å². The monoisotopic (exact) mass is 410 g/mol. The quantitative estimate of drug-likeness (QED) is 0.656. The van der Waals surface area contributed by atoms with Crippen LogP contribution < -0.4 is 20.3 Å². The highest BCUT2D eigenvalue weighted by Gasteiger charge is 2.17. The minimum absolute atomic E-state index is 0.0939. The van der Waals surface area contributed by atoms with Crippen LogP contribution in [0, 0.1) is 6.92 Å². The predicted molar refractivity (Wildman–Crippen MR) is 108 cm³/mol. The third-order valence-electron chi connectivity index (χ3n) is 3.85. The summed E-state index contributed by atoms with van der Waals surface area (Å²) < 4.78 is 5.08. The molecule has 6 nitrogen and oxygen atoms in total. The fourth-order valence-corrected chi connectivity index (χ4v) is 2.91. The summed E-state index contributed by atoms with van der Waals surface area (Å²) in [5.74, 6) is 0.233. The number of amides is 2. The number of carbonyl (C=O) groups excluding carboxylic acids is 2. The molecule has 0 bridgehead atoms. The van der Waals surface area contributed by atoms with Crippen LogP contribution in [0.3, 0.4) is 0 Å². The number of methoxy groups -OCH3 is 1. The van der Waals surface area contributed by atoms with Crippen LogP contribution in [-0.4, -0.2) is 39.1 Å². The molecule has 0 spiro atoms. The van der Waals surface area contributed by atoms with Gasteiger partial charge in [0, 0.05) is 5.69 Å². The average molecular weight is 411 g/mol. The second-order valence-corrected chi connectivity index (χ2v) is 6.97. The maximum absolute atomic E-state index is 12.3. The SMILES string of the molecule is COc1ccc(NC(=O)C[NH+](C)CC(=O)Nc2c(Cl)ccc(C)c2Cl)cc1. The van der Waals surface area contributed by atoms with Crippen LogP contribution in [0.1, 0.15) is 5.56 Å². The van der Waals surface area contributed by atoms with Gasteiger partial charge in [-0.2, -0.15) is 0 Å². The van der Waals surface area contributed by atoms with Crippen molar-refractivity contribution in [1.29, 1.82) is 0 Å². The maximum Gasteiger partial charge on any atom is 0.279 e. The summed E-state index contributed by atoms with van der Waals surface area (Å²) in [5.41, 5.74) is 1.87. The van der Waals surface area contributed by atoms with E-state index in [9.17, 15) is 9.59 Å². The van der Waals surface area contributed by atoms with E-state index in [-0.39, 0.29) is 24.9 Å². The molecule has 0 radical (unpaired) electrons. The van der Waals surface area contributed by atoms with Crippen molar-refractivity contribution in [2.45, 2.75) is 6.92 Å². The lowest BCUT2D eigenvalue weighted by molar-refractivity contribution is -0.862. The molecule has 0 aromatic heterocycles. The number of quaternary nitrogens is 1. The van der Waals surface area contributed by atoms with Gasteiger partial charge >= 0.3 is 0 Å².